The van der Waals surface area contributed by atoms with Gasteiger partial charge in [-0.1, -0.05) is 127 Å². The van der Waals surface area contributed by atoms with Crippen molar-refractivity contribution >= 4 is 70.5 Å². The third kappa shape index (κ3) is 4.24. The number of anilines is 3. The molecule has 0 aliphatic carbocycles. The summed E-state index contributed by atoms with van der Waals surface area (Å²) in [5, 5.41) is 2.17. The molecule has 3 heteroatoms. The molecule has 0 spiro atoms. The third-order valence-corrected chi connectivity index (χ3v) is 9.32. The van der Waals surface area contributed by atoms with Gasteiger partial charge in [-0.05, 0) is 53.0 Å². The Morgan fingerprint density at radius 1 is 0.533 bits per heavy atom. The van der Waals surface area contributed by atoms with Crippen LogP contribution >= 0.6 is 11.3 Å². The van der Waals surface area contributed by atoms with Crippen LogP contribution in [0, 0.1) is 0 Å². The molecule has 0 N–H and O–H groups in total. The number of benzene rings is 7. The maximum absolute atomic E-state index is 9.54. The Bertz CT molecular complexity index is 2870. The van der Waals surface area contributed by atoms with Gasteiger partial charge >= 0.3 is 0 Å². The van der Waals surface area contributed by atoms with E-state index < -0.39 is 6.04 Å². The Hall–Kier alpha value is -5.64. The monoisotopic (exact) mass is 600 g/mol. The van der Waals surface area contributed by atoms with E-state index in [9.17, 15) is 1.37 Å². The molecule has 2 heterocycles. The first-order valence-electron chi connectivity index (χ1n) is 18.1. The van der Waals surface area contributed by atoms with Crippen molar-refractivity contribution in [1.82, 2.24) is 0 Å². The summed E-state index contributed by atoms with van der Waals surface area (Å²) in [6.45, 7) is 0. The second-order valence-corrected chi connectivity index (χ2v) is 11.8. The molecule has 0 radical (unpaired) electrons. The summed E-state index contributed by atoms with van der Waals surface area (Å²) in [6, 6.07) is 37.6. The molecule has 212 valence electrons. The molecule has 0 amide bonds. The first-order chi connectivity index (χ1) is 25.2. The van der Waals surface area contributed by atoms with Crippen molar-refractivity contribution in [2.24, 2.45) is 0 Å². The second kappa shape index (κ2) is 10.5. The zero-order chi connectivity index (χ0) is 35.8. The quantitative estimate of drug-likeness (QED) is 0.195. The van der Waals surface area contributed by atoms with Crippen LogP contribution in [0.3, 0.4) is 0 Å². The number of nitrogens with zero attached hydrogens (tertiary/aromatic N) is 1. The van der Waals surface area contributed by atoms with Gasteiger partial charge in [0.1, 0.15) is 5.58 Å². The third-order valence-electron chi connectivity index (χ3n) is 8.20. The molecular formula is C42H27NOS. The first-order valence-corrected chi connectivity index (χ1v) is 15.4. The summed E-state index contributed by atoms with van der Waals surface area (Å²) in [4.78, 5) is 1.91. The van der Waals surface area contributed by atoms with Crippen LogP contribution in [-0.4, -0.2) is 0 Å². The summed E-state index contributed by atoms with van der Waals surface area (Å²) < 4.78 is 69.7. The summed E-state index contributed by atoms with van der Waals surface area (Å²) >= 11 is 1.11. The SMILES string of the molecule is [2H]c1c([2H])c([2H])c2c(sc3c(N(c4ccc(-c5ccccc5)cc4)c4c(-c5ccccc5)ccc5c4oc4ccccc45)c([2H])c([2H])c([2H])c32)c1[2H]. The standard InChI is InChI=1S/C42H27NOS/c1-3-12-28(13-4-1)29-22-24-31(25-23-29)43(37-19-11-18-36-34-17-8-10-21-39(34)45-42(36)37)40-32(30-14-5-2-6-15-30)26-27-35-33-16-7-9-20-38(33)44-41(35)40/h1-27H/i8D,10D,11D,17D,18D,19D,21D. The fourth-order valence-electron chi connectivity index (χ4n) is 6.12. The topological polar surface area (TPSA) is 16.4 Å². The summed E-state index contributed by atoms with van der Waals surface area (Å²) in [5.74, 6) is 0. The van der Waals surface area contributed by atoms with Gasteiger partial charge < -0.3 is 9.32 Å². The van der Waals surface area contributed by atoms with E-state index in [0.717, 1.165) is 44.4 Å². The number of furan rings is 1. The molecule has 0 unspecified atom stereocenters. The van der Waals surface area contributed by atoms with Gasteiger partial charge in [-0.3, -0.25) is 0 Å². The summed E-state index contributed by atoms with van der Waals surface area (Å²) in [7, 11) is 0. The van der Waals surface area contributed by atoms with Gasteiger partial charge in [0.05, 0.1) is 25.7 Å². The van der Waals surface area contributed by atoms with Gasteiger partial charge in [0.25, 0.3) is 0 Å². The minimum atomic E-state index is -0.411. The number of fused-ring (bicyclic) bond motifs is 6. The molecule has 2 nitrogen and oxygen atoms in total. The van der Waals surface area contributed by atoms with Crippen LogP contribution in [0.25, 0.3) is 64.4 Å². The van der Waals surface area contributed by atoms with Crippen molar-refractivity contribution in [2.75, 3.05) is 4.90 Å². The van der Waals surface area contributed by atoms with E-state index >= 15 is 0 Å². The van der Waals surface area contributed by atoms with Gasteiger partial charge in [0.2, 0.25) is 0 Å². The van der Waals surface area contributed by atoms with Crippen LogP contribution in [0.4, 0.5) is 17.1 Å². The number of thiophene rings is 1. The van der Waals surface area contributed by atoms with Crippen molar-refractivity contribution in [3.63, 3.8) is 0 Å². The smallest absolute Gasteiger partial charge is 0.160 e. The minimum Gasteiger partial charge on any atom is -0.454 e. The highest BCUT2D eigenvalue weighted by atomic mass is 32.1. The van der Waals surface area contributed by atoms with E-state index in [1.165, 1.54) is 0 Å². The lowest BCUT2D eigenvalue weighted by Gasteiger charge is -2.28. The van der Waals surface area contributed by atoms with Gasteiger partial charge in [-0.2, -0.15) is 0 Å². The van der Waals surface area contributed by atoms with E-state index in [2.05, 4.69) is 0 Å². The number of hydrogen-bond acceptors (Lipinski definition) is 3. The van der Waals surface area contributed by atoms with Crippen LogP contribution < -0.4 is 4.90 Å². The zero-order valence-corrected chi connectivity index (χ0v) is 24.6. The van der Waals surface area contributed by atoms with Crippen molar-refractivity contribution in [3.05, 3.63) is 164 Å². The average Bonchev–Trinajstić information content (AvgIpc) is 3.77. The van der Waals surface area contributed by atoms with Crippen molar-refractivity contribution < 1.29 is 14.0 Å². The highest BCUT2D eigenvalue weighted by molar-refractivity contribution is 7.26. The van der Waals surface area contributed by atoms with E-state index in [0.29, 0.717) is 27.2 Å². The van der Waals surface area contributed by atoms with Gasteiger partial charge in [0, 0.05) is 37.5 Å². The predicted octanol–water partition coefficient (Wildman–Crippen LogP) is 12.8. The molecule has 0 atom stereocenters. The Kier molecular flexibility index (Phi) is 4.58. The normalized spacial score (nSPS) is 13.7. The number of hydrogen-bond donors (Lipinski definition) is 0. The van der Waals surface area contributed by atoms with Crippen LogP contribution in [0.15, 0.2) is 168 Å². The van der Waals surface area contributed by atoms with Gasteiger partial charge in [0.15, 0.2) is 5.58 Å². The van der Waals surface area contributed by atoms with Crippen LogP contribution in [0.2, 0.25) is 0 Å². The highest BCUT2D eigenvalue weighted by Crippen LogP contribution is 2.50. The lowest BCUT2D eigenvalue weighted by molar-refractivity contribution is 0.669. The number of rotatable bonds is 5. The molecule has 45 heavy (non-hydrogen) atoms. The van der Waals surface area contributed by atoms with E-state index in [-0.39, 0.29) is 57.4 Å². The maximum atomic E-state index is 9.54. The average molecular weight is 601 g/mol. The summed E-state index contributed by atoms with van der Waals surface area (Å²) in [6.07, 6.45) is 0. The molecule has 0 saturated carbocycles. The molecule has 0 aliphatic heterocycles. The molecule has 0 fully saturated rings. The van der Waals surface area contributed by atoms with Gasteiger partial charge in [-0.25, -0.2) is 0 Å². The molecule has 7 aromatic carbocycles. The van der Waals surface area contributed by atoms with E-state index in [1.54, 1.807) is 0 Å². The van der Waals surface area contributed by atoms with Crippen molar-refractivity contribution in [1.29, 1.82) is 0 Å². The summed E-state index contributed by atoms with van der Waals surface area (Å²) in [5.41, 5.74) is 6.54. The molecule has 0 saturated heterocycles. The van der Waals surface area contributed by atoms with Crippen LogP contribution in [0.5, 0.6) is 0 Å². The number of para-hydroxylation sites is 1. The first kappa shape index (κ1) is 19.6. The van der Waals surface area contributed by atoms with Gasteiger partial charge in [-0.15, -0.1) is 11.3 Å². The fraction of sp³-hybridized carbons (Fsp3) is 0. The molecule has 0 bridgehead atoms. The lowest BCUT2D eigenvalue weighted by atomic mass is 9.98. The lowest BCUT2D eigenvalue weighted by Crippen LogP contribution is -2.12. The Morgan fingerprint density at radius 2 is 1.22 bits per heavy atom. The minimum absolute atomic E-state index is 0.176. The molecule has 0 aliphatic rings. The maximum Gasteiger partial charge on any atom is 0.160 e. The van der Waals surface area contributed by atoms with E-state index in [1.807, 2.05) is 126 Å². The van der Waals surface area contributed by atoms with Crippen LogP contribution in [-0.2, 0) is 0 Å². The molecule has 2 aromatic heterocycles. The Balaban J connectivity index is 1.46. The zero-order valence-electron chi connectivity index (χ0n) is 30.8. The predicted molar refractivity (Wildman–Crippen MR) is 192 cm³/mol. The van der Waals surface area contributed by atoms with E-state index in [4.69, 9.17) is 12.6 Å². The highest BCUT2D eigenvalue weighted by Gasteiger charge is 2.26. The Morgan fingerprint density at radius 3 is 2.04 bits per heavy atom. The molecule has 9 aromatic rings. The van der Waals surface area contributed by atoms with Crippen molar-refractivity contribution in [2.45, 2.75) is 0 Å². The Labute approximate surface area is 274 Å². The molecule has 9 rings (SSSR count). The van der Waals surface area contributed by atoms with Crippen LogP contribution in [0.1, 0.15) is 9.60 Å². The van der Waals surface area contributed by atoms with Crippen molar-refractivity contribution in [3.8, 4) is 22.3 Å². The largest absolute Gasteiger partial charge is 0.454 e. The molecular weight excluding hydrogens is 567 g/mol. The fourth-order valence-corrected chi connectivity index (χ4v) is 7.18. The second-order valence-electron chi connectivity index (χ2n) is 10.8.